The summed E-state index contributed by atoms with van der Waals surface area (Å²) in [6.45, 7) is 6.73. The second-order valence-corrected chi connectivity index (χ2v) is 6.49. The number of carbonyl (C=O) groups is 1. The minimum Gasteiger partial charge on any atom is -0.355 e. The number of rotatable bonds is 6. The van der Waals surface area contributed by atoms with Crippen LogP contribution in [0, 0.1) is 12.8 Å². The van der Waals surface area contributed by atoms with Crippen molar-refractivity contribution in [3.05, 3.63) is 42.2 Å². The normalized spacial score (nSPS) is 10.7. The summed E-state index contributed by atoms with van der Waals surface area (Å²) in [4.78, 5) is 20.6. The Balaban J connectivity index is 2.03. The fourth-order valence-electron chi connectivity index (χ4n) is 1.88. The van der Waals surface area contributed by atoms with E-state index in [2.05, 4.69) is 29.1 Å². The molecule has 2 aromatic rings. The van der Waals surface area contributed by atoms with Gasteiger partial charge < -0.3 is 5.32 Å². The minimum atomic E-state index is 0.0382. The molecule has 1 N–H and O–H groups in total. The summed E-state index contributed by atoms with van der Waals surface area (Å²) in [6.07, 6.45) is 0. The van der Waals surface area contributed by atoms with Gasteiger partial charge in [0.05, 0.1) is 11.4 Å². The van der Waals surface area contributed by atoms with Crippen LogP contribution in [0.3, 0.4) is 0 Å². The lowest BCUT2D eigenvalue weighted by Gasteiger charge is -2.08. The molecule has 5 heteroatoms. The smallest absolute Gasteiger partial charge is 0.230 e. The average Bonchev–Trinajstić information content (AvgIpc) is 2.51. The van der Waals surface area contributed by atoms with Gasteiger partial charge in [-0.15, -0.1) is 0 Å². The highest BCUT2D eigenvalue weighted by atomic mass is 32.2. The maximum absolute atomic E-state index is 11.8. The number of hydrogen-bond acceptors (Lipinski definition) is 4. The fourth-order valence-corrected chi connectivity index (χ4v) is 2.65. The molecule has 1 heterocycles. The topological polar surface area (TPSA) is 54.9 Å². The van der Waals surface area contributed by atoms with Crippen LogP contribution >= 0.6 is 11.8 Å². The average molecular weight is 315 g/mol. The van der Waals surface area contributed by atoms with E-state index in [1.54, 1.807) is 0 Å². The van der Waals surface area contributed by atoms with Crippen LogP contribution in [-0.2, 0) is 4.79 Å². The first-order valence-electron chi connectivity index (χ1n) is 7.35. The van der Waals surface area contributed by atoms with Gasteiger partial charge in [-0.3, -0.25) is 4.79 Å². The molecule has 0 bridgehead atoms. The van der Waals surface area contributed by atoms with E-state index in [4.69, 9.17) is 0 Å². The third kappa shape index (κ3) is 5.15. The van der Waals surface area contributed by atoms with E-state index < -0.39 is 0 Å². The highest BCUT2D eigenvalue weighted by Gasteiger charge is 2.08. The van der Waals surface area contributed by atoms with Crippen LogP contribution in [0.4, 0.5) is 0 Å². The molecule has 2 rings (SSSR count). The van der Waals surface area contributed by atoms with E-state index >= 15 is 0 Å². The van der Waals surface area contributed by atoms with Crippen LogP contribution in [0.2, 0.25) is 0 Å². The van der Waals surface area contributed by atoms with Crippen LogP contribution in [0.5, 0.6) is 0 Å². The van der Waals surface area contributed by atoms with E-state index in [1.165, 1.54) is 11.8 Å². The Bertz CT molecular complexity index is 629. The van der Waals surface area contributed by atoms with Crippen LogP contribution < -0.4 is 5.32 Å². The summed E-state index contributed by atoms with van der Waals surface area (Å²) in [7, 11) is 0. The first-order chi connectivity index (χ1) is 10.5. The van der Waals surface area contributed by atoms with E-state index in [9.17, 15) is 4.79 Å². The Morgan fingerprint density at radius 1 is 1.23 bits per heavy atom. The molecule has 0 radical (unpaired) electrons. The van der Waals surface area contributed by atoms with Gasteiger partial charge in [-0.25, -0.2) is 9.97 Å². The zero-order valence-electron chi connectivity index (χ0n) is 13.2. The number of aromatic nitrogens is 2. The monoisotopic (exact) mass is 315 g/mol. The fraction of sp³-hybridized carbons (Fsp3) is 0.353. The molecule has 0 aliphatic heterocycles. The van der Waals surface area contributed by atoms with Gasteiger partial charge in [-0.1, -0.05) is 55.9 Å². The van der Waals surface area contributed by atoms with Crippen molar-refractivity contribution in [2.75, 3.05) is 12.3 Å². The summed E-state index contributed by atoms with van der Waals surface area (Å²) in [6, 6.07) is 11.9. The summed E-state index contributed by atoms with van der Waals surface area (Å²) in [5.41, 5.74) is 1.94. The van der Waals surface area contributed by atoms with Gasteiger partial charge >= 0.3 is 0 Å². The second kappa shape index (κ2) is 7.94. The van der Waals surface area contributed by atoms with Crippen molar-refractivity contribution in [3.8, 4) is 11.3 Å². The third-order valence-corrected chi connectivity index (χ3v) is 3.85. The zero-order valence-corrected chi connectivity index (χ0v) is 14.0. The van der Waals surface area contributed by atoms with Gasteiger partial charge in [0.15, 0.2) is 0 Å². The van der Waals surface area contributed by atoms with Crippen molar-refractivity contribution in [1.29, 1.82) is 0 Å². The molecule has 4 nitrogen and oxygen atoms in total. The molecule has 0 saturated heterocycles. The maximum Gasteiger partial charge on any atom is 0.230 e. The van der Waals surface area contributed by atoms with Gasteiger partial charge in [0, 0.05) is 12.1 Å². The Kier molecular flexibility index (Phi) is 5.95. The molecular weight excluding hydrogens is 294 g/mol. The molecule has 0 atom stereocenters. The SMILES string of the molecule is Cc1nc(SCC(=O)NCC(C)C)cc(-c2ccccc2)n1. The number of benzene rings is 1. The summed E-state index contributed by atoms with van der Waals surface area (Å²) in [5, 5.41) is 3.74. The minimum absolute atomic E-state index is 0.0382. The maximum atomic E-state index is 11.8. The van der Waals surface area contributed by atoms with Crippen molar-refractivity contribution >= 4 is 17.7 Å². The number of aryl methyl sites for hydroxylation is 1. The van der Waals surface area contributed by atoms with Gasteiger partial charge in [0.2, 0.25) is 5.91 Å². The highest BCUT2D eigenvalue weighted by molar-refractivity contribution is 7.99. The predicted octanol–water partition coefficient (Wildman–Crippen LogP) is 3.32. The molecule has 0 aliphatic carbocycles. The van der Waals surface area contributed by atoms with E-state index in [0.29, 0.717) is 24.0 Å². The molecule has 0 unspecified atom stereocenters. The molecule has 0 aliphatic rings. The molecular formula is C17H21N3OS. The zero-order chi connectivity index (χ0) is 15.9. The van der Waals surface area contributed by atoms with Crippen LogP contribution in [0.25, 0.3) is 11.3 Å². The largest absolute Gasteiger partial charge is 0.355 e. The summed E-state index contributed by atoms with van der Waals surface area (Å²) in [5.74, 6) is 1.58. The van der Waals surface area contributed by atoms with Gasteiger partial charge in [-0.2, -0.15) is 0 Å². The first-order valence-corrected chi connectivity index (χ1v) is 8.34. The number of thioether (sulfide) groups is 1. The number of nitrogens with one attached hydrogen (secondary N) is 1. The Hall–Kier alpha value is -1.88. The lowest BCUT2D eigenvalue weighted by Crippen LogP contribution is -2.28. The summed E-state index contributed by atoms with van der Waals surface area (Å²) >= 11 is 1.44. The predicted molar refractivity (Wildman–Crippen MR) is 90.8 cm³/mol. The van der Waals surface area contributed by atoms with Crippen LogP contribution in [0.1, 0.15) is 19.7 Å². The van der Waals surface area contributed by atoms with Gasteiger partial charge in [0.1, 0.15) is 10.9 Å². The van der Waals surface area contributed by atoms with E-state index in [0.717, 1.165) is 16.3 Å². The molecule has 0 spiro atoms. The Morgan fingerprint density at radius 3 is 2.64 bits per heavy atom. The Labute approximate surface area is 135 Å². The van der Waals surface area contributed by atoms with Crippen molar-refractivity contribution in [3.63, 3.8) is 0 Å². The molecule has 1 aromatic heterocycles. The third-order valence-electron chi connectivity index (χ3n) is 2.94. The van der Waals surface area contributed by atoms with Crippen LogP contribution in [0.15, 0.2) is 41.4 Å². The molecule has 1 aromatic carbocycles. The number of nitrogens with zero attached hydrogens (tertiary/aromatic N) is 2. The quantitative estimate of drug-likeness (QED) is 0.656. The lowest BCUT2D eigenvalue weighted by molar-refractivity contribution is -0.118. The number of hydrogen-bond donors (Lipinski definition) is 1. The molecule has 22 heavy (non-hydrogen) atoms. The summed E-state index contributed by atoms with van der Waals surface area (Å²) < 4.78 is 0. The second-order valence-electron chi connectivity index (χ2n) is 5.49. The van der Waals surface area contributed by atoms with E-state index in [1.807, 2.05) is 43.3 Å². The highest BCUT2D eigenvalue weighted by Crippen LogP contribution is 2.22. The number of carbonyl (C=O) groups excluding carboxylic acids is 1. The number of amides is 1. The van der Waals surface area contributed by atoms with Crippen LogP contribution in [-0.4, -0.2) is 28.2 Å². The first kappa shape index (κ1) is 16.5. The van der Waals surface area contributed by atoms with Crippen molar-refractivity contribution in [1.82, 2.24) is 15.3 Å². The van der Waals surface area contributed by atoms with Crippen molar-refractivity contribution in [2.24, 2.45) is 5.92 Å². The van der Waals surface area contributed by atoms with Gasteiger partial charge in [-0.05, 0) is 18.9 Å². The molecule has 116 valence electrons. The van der Waals surface area contributed by atoms with Crippen molar-refractivity contribution in [2.45, 2.75) is 25.8 Å². The molecule has 0 saturated carbocycles. The molecule has 1 amide bonds. The lowest BCUT2D eigenvalue weighted by atomic mass is 10.1. The van der Waals surface area contributed by atoms with E-state index in [-0.39, 0.29) is 5.91 Å². The van der Waals surface area contributed by atoms with Gasteiger partial charge in [0.25, 0.3) is 0 Å². The molecule has 0 fully saturated rings. The standard InChI is InChI=1S/C17H21N3OS/c1-12(2)10-18-16(21)11-22-17-9-15(19-13(3)20-17)14-7-5-4-6-8-14/h4-9,12H,10-11H2,1-3H3,(H,18,21). The van der Waals surface area contributed by atoms with Crippen molar-refractivity contribution < 1.29 is 4.79 Å². The Morgan fingerprint density at radius 2 is 1.95 bits per heavy atom.